The number of carbonyl (C=O) groups is 4. The second kappa shape index (κ2) is 10.3. The maximum Gasteiger partial charge on any atom is 0.257 e. The van der Waals surface area contributed by atoms with Crippen LogP contribution in [0.3, 0.4) is 0 Å². The summed E-state index contributed by atoms with van der Waals surface area (Å²) in [6.07, 6.45) is 4.23. The van der Waals surface area contributed by atoms with Crippen LogP contribution in [-0.4, -0.2) is 50.0 Å². The van der Waals surface area contributed by atoms with Crippen LogP contribution in [0.2, 0.25) is 0 Å². The molecule has 9 nitrogen and oxygen atoms in total. The Morgan fingerprint density at radius 1 is 1.29 bits per heavy atom. The van der Waals surface area contributed by atoms with Crippen molar-refractivity contribution < 1.29 is 28.9 Å². The van der Waals surface area contributed by atoms with Gasteiger partial charge in [-0.3, -0.25) is 18.7 Å². The topological polar surface area (TPSA) is 137 Å². The first-order valence-electron chi connectivity index (χ1n) is 10.3. The molecule has 1 aromatic carbocycles. The molecule has 2 aliphatic heterocycles. The Kier molecular flexibility index (Phi) is 7.39. The Labute approximate surface area is 210 Å². The minimum atomic E-state index is -1.53. The fourth-order valence-electron chi connectivity index (χ4n) is 3.96. The largest absolute Gasteiger partial charge is 0.537 e. The van der Waals surface area contributed by atoms with Crippen LogP contribution in [0.15, 0.2) is 58.2 Å². The number of rotatable bonds is 7. The lowest BCUT2D eigenvalue weighted by atomic mass is 9.93. The average molecular weight is 565 g/mol. The number of pyridine rings is 1. The summed E-state index contributed by atoms with van der Waals surface area (Å²) < 4.78 is 3.89. The van der Waals surface area contributed by atoms with E-state index in [1.807, 2.05) is 24.3 Å². The molecule has 0 radical (unpaired) electrons. The molecule has 3 heterocycles. The molecule has 178 valence electrons. The van der Waals surface area contributed by atoms with Crippen LogP contribution in [0.5, 0.6) is 0 Å². The lowest BCUT2D eigenvalue weighted by Gasteiger charge is -2.51. The van der Waals surface area contributed by atoms with Gasteiger partial charge >= 0.3 is 0 Å². The number of primary amides is 1. The molecule has 0 aliphatic carbocycles. The predicted octanol–water partition coefficient (Wildman–Crippen LogP) is 0.817. The molecule has 1 fully saturated rings. The summed E-state index contributed by atoms with van der Waals surface area (Å²) in [4.78, 5) is 50.2. The third-order valence-corrected chi connectivity index (χ3v) is 9.03. The number of β-lactam (4-membered cyclic amide) rings is 1. The maximum absolute atomic E-state index is 12.8. The molecule has 1 aromatic heterocycles. The van der Waals surface area contributed by atoms with E-state index in [-0.39, 0.29) is 24.2 Å². The number of carbonyl (C=O) groups excluding carboxylic acids is 4. The van der Waals surface area contributed by atoms with Crippen molar-refractivity contribution in [2.45, 2.75) is 36.4 Å². The first-order valence-corrected chi connectivity index (χ1v) is 13.3. The Balaban J connectivity index is 1.44. The molecule has 0 spiro atoms. The second-order valence-corrected chi connectivity index (χ2v) is 11.6. The van der Waals surface area contributed by atoms with E-state index in [1.165, 1.54) is 16.1 Å². The zero-order valence-corrected chi connectivity index (χ0v) is 21.0. The summed E-state index contributed by atoms with van der Waals surface area (Å²) in [5, 5.41) is 13.4. The van der Waals surface area contributed by atoms with Crippen molar-refractivity contribution in [1.82, 2.24) is 9.62 Å². The molecular formula is C22H21BrN4O5S2. The van der Waals surface area contributed by atoms with Gasteiger partial charge in [0.05, 0.1) is 11.8 Å². The monoisotopic (exact) mass is 564 g/mol. The molecule has 2 aromatic rings. The highest BCUT2D eigenvalue weighted by molar-refractivity contribution is 9.10. The minimum Gasteiger partial charge on any atom is -0.537 e. The first kappa shape index (κ1) is 24.4. The van der Waals surface area contributed by atoms with Crippen molar-refractivity contribution in [1.29, 1.82) is 0 Å². The van der Waals surface area contributed by atoms with E-state index < -0.39 is 33.8 Å². The summed E-state index contributed by atoms with van der Waals surface area (Å²) >= 11 is 4.74. The van der Waals surface area contributed by atoms with Gasteiger partial charge in [-0.05, 0) is 47.8 Å². The first-order chi connectivity index (χ1) is 16.2. The zero-order valence-electron chi connectivity index (χ0n) is 17.8. The summed E-state index contributed by atoms with van der Waals surface area (Å²) in [6.45, 7) is 0.217. The number of nitrogens with two attached hydrogens (primary N) is 1. The molecule has 3 N–H and O–H groups in total. The smallest absolute Gasteiger partial charge is 0.257 e. The highest BCUT2D eigenvalue weighted by Gasteiger charge is 2.52. The van der Waals surface area contributed by atoms with Gasteiger partial charge < -0.3 is 21.0 Å². The van der Waals surface area contributed by atoms with Gasteiger partial charge in [-0.15, -0.1) is 11.8 Å². The Hall–Kier alpha value is -2.70. The second-order valence-electron chi connectivity index (χ2n) is 7.76. The van der Waals surface area contributed by atoms with E-state index >= 15 is 0 Å². The van der Waals surface area contributed by atoms with Gasteiger partial charge in [0, 0.05) is 20.3 Å². The van der Waals surface area contributed by atoms with Gasteiger partial charge in [-0.2, -0.15) is 4.57 Å². The van der Waals surface area contributed by atoms with Crippen LogP contribution in [-0.2, 0) is 16.1 Å². The molecular weight excluding hydrogens is 544 g/mol. The van der Waals surface area contributed by atoms with E-state index in [2.05, 4.69) is 21.2 Å². The Morgan fingerprint density at radius 3 is 2.79 bits per heavy atom. The number of nitrogens with zero attached hydrogens (tertiary/aromatic N) is 2. The zero-order chi connectivity index (χ0) is 24.4. The molecule has 3 atom stereocenters. The number of carboxylic acid groups (broad SMARTS) is 1. The number of amides is 3. The number of hydrogen-bond acceptors (Lipinski definition) is 6. The number of hydrogen-bond donors (Lipinski definition) is 2. The number of thioether (sulfide) groups is 1. The van der Waals surface area contributed by atoms with Crippen LogP contribution in [0.1, 0.15) is 23.2 Å². The summed E-state index contributed by atoms with van der Waals surface area (Å²) in [5.41, 5.74) is 5.62. The van der Waals surface area contributed by atoms with Crippen molar-refractivity contribution in [3.8, 4) is 0 Å². The lowest BCUT2D eigenvalue weighted by molar-refractivity contribution is -0.681. The fourth-order valence-corrected chi connectivity index (χ4v) is 7.32. The number of nitrogens with one attached hydrogen (secondary N) is 1. The van der Waals surface area contributed by atoms with Crippen LogP contribution in [0.25, 0.3) is 0 Å². The average Bonchev–Trinajstić information content (AvgIpc) is 2.81. The number of benzene rings is 1. The molecule has 1 unspecified atom stereocenters. The molecule has 0 saturated carbocycles. The molecule has 3 amide bonds. The molecule has 1 saturated heterocycles. The molecule has 2 aliphatic rings. The maximum atomic E-state index is 12.8. The molecule has 0 bridgehead atoms. The van der Waals surface area contributed by atoms with E-state index in [1.54, 1.807) is 29.1 Å². The van der Waals surface area contributed by atoms with Gasteiger partial charge in [-0.1, -0.05) is 22.0 Å². The minimum absolute atomic E-state index is 0.142. The third-order valence-electron chi connectivity index (χ3n) is 5.50. The Morgan fingerprint density at radius 2 is 2.09 bits per heavy atom. The molecule has 12 heteroatoms. The van der Waals surface area contributed by atoms with Crippen molar-refractivity contribution in [3.05, 3.63) is 58.8 Å². The van der Waals surface area contributed by atoms with E-state index in [4.69, 9.17) is 5.73 Å². The van der Waals surface area contributed by atoms with Gasteiger partial charge in [0.1, 0.15) is 16.9 Å². The fraction of sp³-hybridized carbons (Fsp3) is 0.273. The van der Waals surface area contributed by atoms with Crippen LogP contribution < -0.4 is 20.7 Å². The van der Waals surface area contributed by atoms with Crippen molar-refractivity contribution in [2.75, 3.05) is 5.75 Å². The summed E-state index contributed by atoms with van der Waals surface area (Å²) in [6, 6.07) is 9.64. The van der Waals surface area contributed by atoms with Gasteiger partial charge in [0.15, 0.2) is 18.9 Å². The van der Waals surface area contributed by atoms with Crippen LogP contribution in [0, 0.1) is 0 Å². The summed E-state index contributed by atoms with van der Waals surface area (Å²) in [5.74, 6) is -1.16. The van der Waals surface area contributed by atoms with E-state index in [9.17, 15) is 24.3 Å². The molecule has 4 rings (SSSR count). The predicted molar refractivity (Wildman–Crippen MR) is 130 cm³/mol. The standard InChI is InChI=1S/C22H21BrN4O5S2/c23-14-4-1-5-15(9-14)33-12-18(28)25-19-17-7-6-16(34(22(31)32)27(17)21(19)30)11-26-8-2-3-13(10-26)20(24)29/h1-5,8-10,17,19H,6-7,11-12H2,(H3-,24,25,28,29,31,32)/t17-,19+,34?/m1/s1. The van der Waals surface area contributed by atoms with E-state index in [0.717, 1.165) is 9.37 Å². The SMILES string of the molecule is NC(=O)c1ccc[n+](CC2=S(C(=O)[O-])N3C(=O)[C@@H](NC(=O)CSc4cccc(Br)c4)[C@H]3CC2)c1. The van der Waals surface area contributed by atoms with Crippen LogP contribution in [0.4, 0.5) is 4.79 Å². The van der Waals surface area contributed by atoms with Crippen molar-refractivity contribution in [3.63, 3.8) is 0 Å². The highest BCUT2D eigenvalue weighted by Crippen LogP contribution is 2.41. The van der Waals surface area contributed by atoms with E-state index in [0.29, 0.717) is 23.3 Å². The van der Waals surface area contributed by atoms with Gasteiger partial charge in [0.25, 0.3) is 11.8 Å². The van der Waals surface area contributed by atoms with Crippen molar-refractivity contribution >= 4 is 66.2 Å². The van der Waals surface area contributed by atoms with Crippen LogP contribution >= 0.6 is 38.4 Å². The quantitative estimate of drug-likeness (QED) is 0.221. The molecule has 34 heavy (non-hydrogen) atoms. The number of aromatic nitrogens is 1. The summed E-state index contributed by atoms with van der Waals surface area (Å²) in [7, 11) is -1.53. The normalized spacial score (nSPS) is 21.4. The Bertz CT molecular complexity index is 1220. The number of fused-ring (bicyclic) bond motifs is 1. The highest BCUT2D eigenvalue weighted by atomic mass is 79.9. The van der Waals surface area contributed by atoms with Crippen molar-refractivity contribution in [2.24, 2.45) is 5.73 Å². The number of halogens is 1. The van der Waals surface area contributed by atoms with Gasteiger partial charge in [0.2, 0.25) is 5.91 Å². The third kappa shape index (κ3) is 5.18. The van der Waals surface area contributed by atoms with Gasteiger partial charge in [-0.25, -0.2) is 0 Å². The lowest BCUT2D eigenvalue weighted by Crippen LogP contribution is -2.71.